The lowest BCUT2D eigenvalue weighted by molar-refractivity contribution is -0.380. The zero-order chi connectivity index (χ0) is 17.4. The Bertz CT molecular complexity index is 398. The van der Waals surface area contributed by atoms with Crippen molar-refractivity contribution < 1.29 is 50.0 Å². The van der Waals surface area contributed by atoms with Gasteiger partial charge in [0.1, 0.15) is 43.2 Å². The zero-order valence-corrected chi connectivity index (χ0v) is 12.9. The zero-order valence-electron chi connectivity index (χ0n) is 12.0. The number of rotatable bonds is 5. The van der Waals surface area contributed by atoms with Crippen LogP contribution in [0.5, 0.6) is 0 Å². The van der Waals surface area contributed by atoms with Gasteiger partial charge in [-0.3, -0.25) is 0 Å². The average Bonchev–Trinajstić information content (AvgIpc) is 2.80. The topological polar surface area (TPSA) is 169 Å². The van der Waals surface area contributed by atoms with Gasteiger partial charge in [-0.25, -0.2) is 0 Å². The summed E-state index contributed by atoms with van der Waals surface area (Å²) in [5.74, 6) is -2.16. The number of thiol groups is 1. The van der Waals surface area contributed by atoms with Gasteiger partial charge in [0, 0.05) is 5.75 Å². The summed E-state index contributed by atoms with van der Waals surface area (Å²) < 4.78 is 15.7. The number of aliphatic hydroxyl groups excluding tert-OH is 7. The average molecular weight is 358 g/mol. The van der Waals surface area contributed by atoms with Gasteiger partial charge in [-0.15, -0.1) is 0 Å². The van der Waals surface area contributed by atoms with Crippen molar-refractivity contribution in [2.75, 3.05) is 19.0 Å². The van der Waals surface area contributed by atoms with Crippen LogP contribution in [0.25, 0.3) is 0 Å². The SMILES string of the molecule is OC[C@H]1O[C@@](CO)(O[C@H]2O[C@H](CS)[C@@H](O)[C@H](O)[C@H]2O)[C@@H](O)[C@@H]1O. The fraction of sp³-hybridized carbons (Fsp3) is 1.00. The van der Waals surface area contributed by atoms with E-state index >= 15 is 0 Å². The highest BCUT2D eigenvalue weighted by Gasteiger charge is 2.58. The minimum Gasteiger partial charge on any atom is -0.394 e. The van der Waals surface area contributed by atoms with Crippen LogP contribution in [0.2, 0.25) is 0 Å². The smallest absolute Gasteiger partial charge is 0.224 e. The van der Waals surface area contributed by atoms with Crippen molar-refractivity contribution in [1.29, 1.82) is 0 Å². The fourth-order valence-corrected chi connectivity index (χ4v) is 2.93. The molecular weight excluding hydrogens is 336 g/mol. The third-order valence-electron chi connectivity index (χ3n) is 4.07. The largest absolute Gasteiger partial charge is 0.394 e. The molecule has 0 amide bonds. The van der Waals surface area contributed by atoms with Gasteiger partial charge in [0.05, 0.1) is 12.7 Å². The Morgan fingerprint density at radius 1 is 0.913 bits per heavy atom. The van der Waals surface area contributed by atoms with E-state index in [-0.39, 0.29) is 5.75 Å². The molecule has 2 saturated heterocycles. The molecule has 0 aliphatic carbocycles. The molecule has 0 unspecified atom stereocenters. The molecule has 0 spiro atoms. The van der Waals surface area contributed by atoms with Gasteiger partial charge >= 0.3 is 0 Å². The molecule has 10 nitrogen and oxygen atoms in total. The van der Waals surface area contributed by atoms with Crippen LogP contribution in [-0.4, -0.2) is 110 Å². The fourth-order valence-electron chi connectivity index (χ4n) is 2.63. The minimum atomic E-state index is -2.17. The van der Waals surface area contributed by atoms with Gasteiger partial charge < -0.3 is 50.0 Å². The lowest BCUT2D eigenvalue weighted by Gasteiger charge is -2.43. The summed E-state index contributed by atoms with van der Waals surface area (Å²) in [6.07, 6.45) is -11.8. The molecule has 0 aromatic carbocycles. The summed E-state index contributed by atoms with van der Waals surface area (Å²) in [7, 11) is 0. The molecule has 2 fully saturated rings. The molecule has 7 N–H and O–H groups in total. The van der Waals surface area contributed by atoms with Crippen molar-refractivity contribution in [3.8, 4) is 0 Å². The van der Waals surface area contributed by atoms with E-state index in [9.17, 15) is 30.6 Å². The molecular formula is C12H22O10S. The van der Waals surface area contributed by atoms with Gasteiger partial charge in [0.25, 0.3) is 0 Å². The molecule has 11 heteroatoms. The first-order valence-corrected chi connectivity index (χ1v) is 7.68. The quantitative estimate of drug-likeness (QED) is 0.224. The molecule has 2 heterocycles. The maximum absolute atomic E-state index is 10.0. The Kier molecular flexibility index (Phi) is 6.25. The van der Waals surface area contributed by atoms with Crippen molar-refractivity contribution in [3.05, 3.63) is 0 Å². The number of aliphatic hydroxyl groups is 7. The normalized spacial score (nSPS) is 51.1. The van der Waals surface area contributed by atoms with Gasteiger partial charge in [0.15, 0.2) is 6.29 Å². The predicted octanol–water partition coefficient (Wildman–Crippen LogP) is -4.46. The number of ether oxygens (including phenoxy) is 3. The Morgan fingerprint density at radius 3 is 2.04 bits per heavy atom. The Morgan fingerprint density at radius 2 is 1.57 bits per heavy atom. The third kappa shape index (κ3) is 3.37. The lowest BCUT2D eigenvalue weighted by atomic mass is 9.99. The van der Waals surface area contributed by atoms with Crippen LogP contribution in [0.15, 0.2) is 0 Å². The van der Waals surface area contributed by atoms with Crippen LogP contribution in [0.1, 0.15) is 0 Å². The van der Waals surface area contributed by atoms with E-state index < -0.39 is 68.0 Å². The highest BCUT2D eigenvalue weighted by molar-refractivity contribution is 7.80. The minimum absolute atomic E-state index is 0.00221. The summed E-state index contributed by atoms with van der Waals surface area (Å²) >= 11 is 3.95. The van der Waals surface area contributed by atoms with Crippen molar-refractivity contribution >= 4 is 12.6 Å². The second kappa shape index (κ2) is 7.45. The molecule has 2 aliphatic heterocycles. The first-order valence-electron chi connectivity index (χ1n) is 7.05. The number of hydrogen-bond donors (Lipinski definition) is 8. The molecule has 0 aromatic rings. The molecule has 2 aliphatic rings. The van der Waals surface area contributed by atoms with Gasteiger partial charge in [0.2, 0.25) is 5.79 Å². The van der Waals surface area contributed by atoms with Crippen molar-refractivity contribution in [2.45, 2.75) is 54.8 Å². The van der Waals surface area contributed by atoms with Gasteiger partial charge in [-0.05, 0) is 0 Å². The van der Waals surface area contributed by atoms with E-state index in [1.54, 1.807) is 0 Å². The van der Waals surface area contributed by atoms with E-state index in [1.165, 1.54) is 0 Å². The monoisotopic (exact) mass is 358 g/mol. The van der Waals surface area contributed by atoms with E-state index in [0.717, 1.165) is 0 Å². The summed E-state index contributed by atoms with van der Waals surface area (Å²) in [6, 6.07) is 0. The van der Waals surface area contributed by atoms with Crippen LogP contribution < -0.4 is 0 Å². The molecule has 136 valence electrons. The van der Waals surface area contributed by atoms with E-state index in [0.29, 0.717) is 0 Å². The number of hydrogen-bond acceptors (Lipinski definition) is 11. The molecule has 2 rings (SSSR count). The van der Waals surface area contributed by atoms with Crippen LogP contribution >= 0.6 is 12.6 Å². The summed E-state index contributed by atoms with van der Waals surface area (Å²) in [6.45, 7) is -1.56. The first kappa shape index (κ1) is 19.3. The van der Waals surface area contributed by atoms with Crippen LogP contribution in [0.3, 0.4) is 0 Å². The highest BCUT2D eigenvalue weighted by Crippen LogP contribution is 2.35. The Hall–Kier alpha value is -0.0500. The Labute approximate surface area is 137 Å². The first-order chi connectivity index (χ1) is 10.8. The Balaban J connectivity index is 2.18. The lowest BCUT2D eigenvalue weighted by Crippen LogP contribution is -2.62. The van der Waals surface area contributed by atoms with Crippen molar-refractivity contribution in [2.24, 2.45) is 0 Å². The maximum atomic E-state index is 10.0. The third-order valence-corrected chi connectivity index (χ3v) is 4.43. The molecule has 23 heavy (non-hydrogen) atoms. The van der Waals surface area contributed by atoms with Crippen LogP contribution in [0.4, 0.5) is 0 Å². The predicted molar refractivity (Wildman–Crippen MR) is 75.4 cm³/mol. The second-order valence-electron chi connectivity index (χ2n) is 5.56. The molecule has 9 atom stereocenters. The van der Waals surface area contributed by atoms with E-state index in [2.05, 4.69) is 12.6 Å². The molecule has 0 saturated carbocycles. The van der Waals surface area contributed by atoms with Crippen molar-refractivity contribution in [3.63, 3.8) is 0 Å². The summed E-state index contributed by atoms with van der Waals surface area (Å²) in [5, 5.41) is 67.9. The van der Waals surface area contributed by atoms with Crippen LogP contribution in [0, 0.1) is 0 Å². The summed E-state index contributed by atoms with van der Waals surface area (Å²) in [4.78, 5) is 0. The van der Waals surface area contributed by atoms with E-state index in [1.807, 2.05) is 0 Å². The summed E-state index contributed by atoms with van der Waals surface area (Å²) in [5.41, 5.74) is 0. The van der Waals surface area contributed by atoms with Gasteiger partial charge in [-0.1, -0.05) is 0 Å². The highest BCUT2D eigenvalue weighted by atomic mass is 32.1. The van der Waals surface area contributed by atoms with Gasteiger partial charge in [-0.2, -0.15) is 12.6 Å². The molecule has 0 bridgehead atoms. The standard InChI is InChI=1S/C12H22O10S/c13-1-4-7(16)10(19)12(3-14,21-4)22-11-9(18)8(17)6(15)5(2-23)20-11/h4-11,13-19,23H,1-3H2/t4-,5-,6-,7-,8+,9-,10+,11-,12+/m1/s1. The van der Waals surface area contributed by atoms with Crippen molar-refractivity contribution in [1.82, 2.24) is 0 Å². The van der Waals surface area contributed by atoms with Crippen LogP contribution in [-0.2, 0) is 14.2 Å². The maximum Gasteiger partial charge on any atom is 0.224 e. The molecule has 0 aromatic heterocycles. The second-order valence-corrected chi connectivity index (χ2v) is 5.92. The van der Waals surface area contributed by atoms with E-state index in [4.69, 9.17) is 19.3 Å². The molecule has 0 radical (unpaired) electrons.